The zero-order valence-corrected chi connectivity index (χ0v) is 14.8. The highest BCUT2D eigenvalue weighted by molar-refractivity contribution is 14.1. The van der Waals surface area contributed by atoms with Crippen LogP contribution in [0.25, 0.3) is 0 Å². The topological polar surface area (TPSA) is 59.1 Å². The SMILES string of the molecule is CCCC(I)B1OC(C(=O)N(C)C)[C@H](C(=O)N(C)C)O1. The van der Waals surface area contributed by atoms with E-state index in [2.05, 4.69) is 29.5 Å². The first kappa shape index (κ1) is 17.7. The first-order valence-corrected chi connectivity index (χ1v) is 7.91. The summed E-state index contributed by atoms with van der Waals surface area (Å²) in [5.74, 6) is -0.486. The van der Waals surface area contributed by atoms with E-state index in [0.717, 1.165) is 12.8 Å². The van der Waals surface area contributed by atoms with E-state index in [0.29, 0.717) is 0 Å². The van der Waals surface area contributed by atoms with Crippen LogP contribution in [0.2, 0.25) is 0 Å². The van der Waals surface area contributed by atoms with Gasteiger partial charge in [0.2, 0.25) is 0 Å². The number of hydrogen-bond acceptors (Lipinski definition) is 4. The Labute approximate surface area is 134 Å². The van der Waals surface area contributed by atoms with Crippen molar-refractivity contribution in [1.82, 2.24) is 9.80 Å². The standard InChI is InChI=1S/C12H22BIN2O4/c1-6-7-8(14)13-19-9(11(17)15(2)3)10(20-13)12(18)16(4)5/h8-10H,6-7H2,1-5H3/t8?,9-,10?/m1/s1. The normalized spacial score (nSPS) is 23.6. The lowest BCUT2D eigenvalue weighted by molar-refractivity contribution is -0.146. The van der Waals surface area contributed by atoms with Crippen molar-refractivity contribution in [3.63, 3.8) is 0 Å². The summed E-state index contributed by atoms with van der Waals surface area (Å²) in [6.07, 6.45) is 0.185. The van der Waals surface area contributed by atoms with Crippen LogP contribution in [0.3, 0.4) is 0 Å². The molecule has 1 fully saturated rings. The van der Waals surface area contributed by atoms with E-state index in [1.807, 2.05) is 0 Å². The monoisotopic (exact) mass is 396 g/mol. The highest BCUT2D eigenvalue weighted by Gasteiger charge is 2.50. The molecule has 1 saturated heterocycles. The summed E-state index contributed by atoms with van der Waals surface area (Å²) in [6, 6.07) is 0. The van der Waals surface area contributed by atoms with E-state index in [9.17, 15) is 9.59 Å². The number of alkyl halides is 1. The lowest BCUT2D eigenvalue weighted by atomic mass is 9.83. The first-order valence-electron chi connectivity index (χ1n) is 6.66. The Morgan fingerprint density at radius 2 is 1.50 bits per heavy atom. The lowest BCUT2D eigenvalue weighted by Gasteiger charge is -2.22. The zero-order valence-electron chi connectivity index (χ0n) is 12.6. The van der Waals surface area contributed by atoms with Gasteiger partial charge in [-0.15, -0.1) is 0 Å². The van der Waals surface area contributed by atoms with E-state index in [-0.39, 0.29) is 15.6 Å². The smallest absolute Gasteiger partial charge is 0.396 e. The third-order valence-corrected chi connectivity index (χ3v) is 4.27. The van der Waals surface area contributed by atoms with Crippen LogP contribution in [0.1, 0.15) is 19.8 Å². The molecular weight excluding hydrogens is 374 g/mol. The first-order chi connectivity index (χ1) is 9.29. The van der Waals surface area contributed by atoms with Gasteiger partial charge in [0.1, 0.15) is 0 Å². The molecule has 1 aliphatic rings. The summed E-state index contributed by atoms with van der Waals surface area (Å²) < 4.78 is 11.5. The number of amides is 2. The Balaban J connectivity index is 2.88. The van der Waals surface area contributed by atoms with Gasteiger partial charge in [-0.25, -0.2) is 0 Å². The average Bonchev–Trinajstić information content (AvgIpc) is 2.81. The molecule has 114 valence electrons. The molecule has 2 amide bonds. The van der Waals surface area contributed by atoms with Crippen LogP contribution in [0.15, 0.2) is 0 Å². The van der Waals surface area contributed by atoms with E-state index < -0.39 is 19.3 Å². The van der Waals surface area contributed by atoms with Crippen molar-refractivity contribution in [3.8, 4) is 0 Å². The van der Waals surface area contributed by atoms with E-state index >= 15 is 0 Å². The zero-order chi connectivity index (χ0) is 15.4. The number of nitrogens with zero attached hydrogens (tertiary/aromatic N) is 2. The predicted octanol–water partition coefficient (Wildman–Crippen LogP) is 0.578. The van der Waals surface area contributed by atoms with Gasteiger partial charge in [0.25, 0.3) is 11.8 Å². The molecule has 6 nitrogen and oxygen atoms in total. The molecule has 1 aliphatic heterocycles. The van der Waals surface area contributed by atoms with E-state index in [1.165, 1.54) is 9.80 Å². The maximum Gasteiger partial charge on any atom is 0.471 e. The van der Waals surface area contributed by atoms with Crippen LogP contribution in [0.4, 0.5) is 0 Å². The summed E-state index contributed by atoms with van der Waals surface area (Å²) in [7, 11) is 6.06. The molecule has 1 heterocycles. The molecule has 0 aromatic carbocycles. The number of carbonyl (C=O) groups is 2. The fourth-order valence-electron chi connectivity index (χ4n) is 1.93. The Morgan fingerprint density at radius 3 is 1.80 bits per heavy atom. The van der Waals surface area contributed by atoms with Crippen molar-refractivity contribution >= 4 is 41.5 Å². The summed E-state index contributed by atoms with van der Waals surface area (Å²) in [6.45, 7) is 2.07. The van der Waals surface area contributed by atoms with Crippen LogP contribution >= 0.6 is 22.6 Å². The third kappa shape index (κ3) is 4.08. The van der Waals surface area contributed by atoms with Crippen LogP contribution < -0.4 is 0 Å². The Kier molecular flexibility index (Phi) is 6.73. The van der Waals surface area contributed by atoms with Crippen LogP contribution in [-0.4, -0.2) is 73.0 Å². The second-order valence-corrected chi connectivity index (χ2v) is 6.85. The van der Waals surface area contributed by atoms with E-state index in [4.69, 9.17) is 9.31 Å². The van der Waals surface area contributed by atoms with Gasteiger partial charge in [-0.05, 0) is 6.42 Å². The summed E-state index contributed by atoms with van der Waals surface area (Å²) in [5, 5.41) is 0. The minimum absolute atomic E-state index is 0.120. The van der Waals surface area contributed by atoms with Crippen LogP contribution in [-0.2, 0) is 18.9 Å². The minimum Gasteiger partial charge on any atom is -0.396 e. The second-order valence-electron chi connectivity index (χ2n) is 5.25. The highest BCUT2D eigenvalue weighted by Crippen LogP contribution is 2.26. The van der Waals surface area contributed by atoms with Gasteiger partial charge < -0.3 is 19.1 Å². The molecule has 1 rings (SSSR count). The predicted molar refractivity (Wildman–Crippen MR) is 85.6 cm³/mol. The van der Waals surface area contributed by atoms with Crippen LogP contribution in [0, 0.1) is 0 Å². The maximum absolute atomic E-state index is 12.2. The van der Waals surface area contributed by atoms with Gasteiger partial charge >= 0.3 is 7.12 Å². The summed E-state index contributed by atoms with van der Waals surface area (Å²) in [5.41, 5.74) is 0. The van der Waals surface area contributed by atoms with Crippen molar-refractivity contribution < 1.29 is 18.9 Å². The largest absolute Gasteiger partial charge is 0.471 e. The third-order valence-electron chi connectivity index (χ3n) is 3.06. The molecule has 0 aromatic heterocycles. The van der Waals surface area contributed by atoms with Gasteiger partial charge in [-0.1, -0.05) is 35.9 Å². The molecule has 0 radical (unpaired) electrons. The van der Waals surface area contributed by atoms with Crippen LogP contribution in [0.5, 0.6) is 0 Å². The molecule has 0 saturated carbocycles. The fraction of sp³-hybridized carbons (Fsp3) is 0.833. The number of carbonyl (C=O) groups excluding carboxylic acids is 2. The number of likely N-dealkylation sites (N-methyl/N-ethyl adjacent to an activating group) is 2. The lowest BCUT2D eigenvalue weighted by Crippen LogP contribution is -2.47. The van der Waals surface area contributed by atoms with Crippen molar-refractivity contribution in [2.45, 2.75) is 35.8 Å². The molecular formula is C12H22BIN2O4. The maximum atomic E-state index is 12.2. The van der Waals surface area contributed by atoms with Crippen molar-refractivity contribution in [1.29, 1.82) is 0 Å². The Morgan fingerprint density at radius 1 is 1.10 bits per heavy atom. The van der Waals surface area contributed by atoms with E-state index in [1.54, 1.807) is 28.2 Å². The molecule has 2 unspecified atom stereocenters. The average molecular weight is 396 g/mol. The van der Waals surface area contributed by atoms with Crippen molar-refractivity contribution in [2.24, 2.45) is 0 Å². The summed E-state index contributed by atoms with van der Waals surface area (Å²) >= 11 is 2.25. The Hall–Kier alpha value is -0.345. The second kappa shape index (κ2) is 7.60. The van der Waals surface area contributed by atoms with Gasteiger partial charge in [-0.2, -0.15) is 0 Å². The minimum atomic E-state index is -0.862. The molecule has 0 aliphatic carbocycles. The number of rotatable bonds is 5. The quantitative estimate of drug-likeness (QED) is 0.388. The number of hydrogen-bond donors (Lipinski definition) is 0. The van der Waals surface area contributed by atoms with Gasteiger partial charge in [0, 0.05) is 32.0 Å². The van der Waals surface area contributed by atoms with Crippen molar-refractivity contribution in [3.05, 3.63) is 0 Å². The molecule has 3 atom stereocenters. The fourth-order valence-corrected chi connectivity index (χ4v) is 2.89. The molecule has 0 spiro atoms. The van der Waals surface area contributed by atoms with Gasteiger partial charge in [-0.3, -0.25) is 9.59 Å². The summed E-state index contributed by atoms with van der Waals surface area (Å²) in [4.78, 5) is 27.2. The molecule has 0 N–H and O–H groups in total. The highest BCUT2D eigenvalue weighted by atomic mass is 127. The number of halogens is 1. The van der Waals surface area contributed by atoms with Crippen molar-refractivity contribution in [2.75, 3.05) is 28.2 Å². The molecule has 20 heavy (non-hydrogen) atoms. The van der Waals surface area contributed by atoms with Gasteiger partial charge in [0.15, 0.2) is 12.2 Å². The molecule has 8 heteroatoms. The van der Waals surface area contributed by atoms with Gasteiger partial charge in [0.05, 0.1) is 0 Å². The Bertz CT molecular complexity index is 339. The molecule has 0 bridgehead atoms. The molecule has 0 aromatic rings.